The van der Waals surface area contributed by atoms with Gasteiger partial charge in [0.15, 0.2) is 0 Å². The van der Waals surface area contributed by atoms with Crippen LogP contribution in [0.5, 0.6) is 0 Å². The number of ether oxygens (including phenoxy) is 1. The van der Waals surface area contributed by atoms with Gasteiger partial charge in [0.05, 0.1) is 0 Å². The molecule has 2 saturated heterocycles. The smallest absolute Gasteiger partial charge is 0.330 e. The van der Waals surface area contributed by atoms with Gasteiger partial charge in [0.25, 0.3) is 0 Å². The summed E-state index contributed by atoms with van der Waals surface area (Å²) in [4.78, 5) is 24.6. The van der Waals surface area contributed by atoms with Gasteiger partial charge in [0, 0.05) is 4.75 Å². The minimum Gasteiger partial charge on any atom is -0.460 e. The average molecular weight is 229 g/mol. The van der Waals surface area contributed by atoms with Gasteiger partial charge in [-0.1, -0.05) is 0 Å². The van der Waals surface area contributed by atoms with Crippen molar-refractivity contribution in [2.75, 3.05) is 0 Å². The predicted molar refractivity (Wildman–Crippen MR) is 55.5 cm³/mol. The van der Waals surface area contributed by atoms with E-state index in [2.05, 4.69) is 11.8 Å². The molecule has 2 aliphatic heterocycles. The Kier molecular flexibility index (Phi) is 2.24. The van der Waals surface area contributed by atoms with E-state index in [1.54, 1.807) is 0 Å². The second kappa shape index (κ2) is 3.12. The molecule has 2 fully saturated rings. The molecule has 2 N–H and O–H groups in total. The van der Waals surface area contributed by atoms with Crippen LogP contribution in [0.15, 0.2) is 0 Å². The lowest BCUT2D eigenvalue weighted by molar-refractivity contribution is -0.159. The van der Waals surface area contributed by atoms with Crippen molar-refractivity contribution in [2.45, 2.75) is 36.1 Å². The van der Waals surface area contributed by atoms with Gasteiger partial charge in [-0.2, -0.15) is 0 Å². The standard InChI is InChI=1S/C9H13N2O3S/c1-9(2)5(8(13)14-3)11-6(12)4(10)7(11)15-9/h4-5,7H,3,10H2,1-2H3/t4?,5-,7+/m0/s1. The van der Waals surface area contributed by atoms with Gasteiger partial charge < -0.3 is 15.4 Å². The maximum atomic E-state index is 11.5. The van der Waals surface area contributed by atoms with E-state index in [4.69, 9.17) is 5.73 Å². The highest BCUT2D eigenvalue weighted by Crippen LogP contribution is 2.50. The molecule has 15 heavy (non-hydrogen) atoms. The summed E-state index contributed by atoms with van der Waals surface area (Å²) in [5.41, 5.74) is 5.65. The Morgan fingerprint density at radius 2 is 2.27 bits per heavy atom. The van der Waals surface area contributed by atoms with Crippen molar-refractivity contribution in [3.05, 3.63) is 7.11 Å². The van der Waals surface area contributed by atoms with Crippen molar-refractivity contribution in [3.8, 4) is 0 Å². The van der Waals surface area contributed by atoms with Crippen molar-refractivity contribution >= 4 is 23.6 Å². The highest BCUT2D eigenvalue weighted by atomic mass is 32.2. The Bertz CT molecular complexity index is 331. The number of carbonyl (C=O) groups excluding carboxylic acids is 2. The number of nitrogens with zero attached hydrogens (tertiary/aromatic N) is 1. The highest BCUT2D eigenvalue weighted by Gasteiger charge is 2.62. The average Bonchev–Trinajstić information content (AvgIpc) is 2.45. The summed E-state index contributed by atoms with van der Waals surface area (Å²) in [5.74, 6) is -0.663. The Morgan fingerprint density at radius 1 is 1.67 bits per heavy atom. The van der Waals surface area contributed by atoms with Crippen LogP contribution in [0.2, 0.25) is 0 Å². The van der Waals surface area contributed by atoms with E-state index in [-0.39, 0.29) is 16.0 Å². The third kappa shape index (κ3) is 1.28. The third-order valence-corrected chi connectivity index (χ3v) is 4.44. The van der Waals surface area contributed by atoms with E-state index < -0.39 is 18.1 Å². The number of thioether (sulfide) groups is 1. The first-order valence-corrected chi connectivity index (χ1v) is 5.49. The number of hydrogen-bond acceptors (Lipinski definition) is 5. The van der Waals surface area contributed by atoms with Crippen LogP contribution >= 0.6 is 11.8 Å². The zero-order chi connectivity index (χ0) is 11.4. The largest absolute Gasteiger partial charge is 0.460 e. The number of fused-ring (bicyclic) bond motifs is 1. The van der Waals surface area contributed by atoms with Crippen LogP contribution in [0, 0.1) is 7.11 Å². The zero-order valence-electron chi connectivity index (χ0n) is 8.60. The van der Waals surface area contributed by atoms with Crippen molar-refractivity contribution in [1.82, 2.24) is 4.90 Å². The normalized spacial score (nSPS) is 37.2. The summed E-state index contributed by atoms with van der Waals surface area (Å²) in [6, 6.07) is -1.06. The molecule has 3 atom stereocenters. The van der Waals surface area contributed by atoms with E-state index in [9.17, 15) is 9.59 Å². The Morgan fingerprint density at radius 3 is 2.80 bits per heavy atom. The molecule has 0 spiro atoms. The molecule has 5 nitrogen and oxygen atoms in total. The van der Waals surface area contributed by atoms with E-state index in [0.717, 1.165) is 0 Å². The molecular formula is C9H13N2O3S. The minimum atomic E-state index is -0.572. The van der Waals surface area contributed by atoms with Gasteiger partial charge >= 0.3 is 5.97 Å². The monoisotopic (exact) mass is 229 g/mol. The summed E-state index contributed by atoms with van der Waals surface area (Å²) in [7, 11) is 3.10. The number of nitrogens with two attached hydrogens (primary N) is 1. The number of rotatable bonds is 1. The molecule has 6 heteroatoms. The summed E-state index contributed by atoms with van der Waals surface area (Å²) in [5, 5.41) is -0.100. The van der Waals surface area contributed by atoms with Crippen LogP contribution in [0.3, 0.4) is 0 Å². The fraction of sp³-hybridized carbons (Fsp3) is 0.667. The van der Waals surface area contributed by atoms with Gasteiger partial charge in [-0.3, -0.25) is 4.79 Å². The lowest BCUT2D eigenvalue weighted by Gasteiger charge is -2.41. The van der Waals surface area contributed by atoms with Crippen molar-refractivity contribution in [2.24, 2.45) is 5.73 Å². The number of carbonyl (C=O) groups is 2. The first-order valence-electron chi connectivity index (χ1n) is 4.61. The van der Waals surface area contributed by atoms with Crippen LogP contribution < -0.4 is 5.73 Å². The topological polar surface area (TPSA) is 72.6 Å². The predicted octanol–water partition coefficient (Wildman–Crippen LogP) is -0.289. The maximum absolute atomic E-state index is 11.5. The third-order valence-electron chi connectivity index (χ3n) is 2.85. The molecule has 1 amide bonds. The zero-order valence-corrected chi connectivity index (χ0v) is 9.41. The molecule has 0 bridgehead atoms. The Labute approximate surface area is 92.3 Å². The van der Waals surface area contributed by atoms with E-state index in [1.165, 1.54) is 16.7 Å². The van der Waals surface area contributed by atoms with Gasteiger partial charge in [0.2, 0.25) is 5.91 Å². The van der Waals surface area contributed by atoms with Crippen LogP contribution in [0.1, 0.15) is 13.8 Å². The van der Waals surface area contributed by atoms with Gasteiger partial charge in [0.1, 0.15) is 24.6 Å². The molecule has 2 heterocycles. The maximum Gasteiger partial charge on any atom is 0.330 e. The Hall–Kier alpha value is -0.750. The van der Waals surface area contributed by atoms with Gasteiger partial charge in [-0.15, -0.1) is 11.8 Å². The molecule has 1 unspecified atom stereocenters. The summed E-state index contributed by atoms with van der Waals surface area (Å²) in [6.45, 7) is 3.80. The van der Waals surface area contributed by atoms with E-state index in [0.29, 0.717) is 0 Å². The molecule has 83 valence electrons. The van der Waals surface area contributed by atoms with Crippen LogP contribution in [0.4, 0.5) is 0 Å². The van der Waals surface area contributed by atoms with E-state index >= 15 is 0 Å². The summed E-state index contributed by atoms with van der Waals surface area (Å²) >= 11 is 1.53. The molecule has 1 radical (unpaired) electrons. The van der Waals surface area contributed by atoms with Crippen LogP contribution in [0.25, 0.3) is 0 Å². The summed E-state index contributed by atoms with van der Waals surface area (Å²) < 4.78 is 4.10. The van der Waals surface area contributed by atoms with Crippen LogP contribution in [-0.4, -0.2) is 39.0 Å². The number of esters is 1. The van der Waals surface area contributed by atoms with E-state index in [1.807, 2.05) is 13.8 Å². The molecule has 0 saturated carbocycles. The fourth-order valence-corrected chi connectivity index (χ4v) is 3.66. The van der Waals surface area contributed by atoms with Gasteiger partial charge in [-0.05, 0) is 13.8 Å². The summed E-state index contributed by atoms with van der Waals surface area (Å²) in [6.07, 6.45) is 0. The van der Waals surface area contributed by atoms with Gasteiger partial charge in [-0.25, -0.2) is 4.79 Å². The molecule has 2 aliphatic rings. The molecule has 0 aromatic rings. The quantitative estimate of drug-likeness (QED) is 0.494. The van der Waals surface area contributed by atoms with Crippen molar-refractivity contribution < 1.29 is 14.3 Å². The molecule has 2 rings (SSSR count). The molecule has 0 aromatic heterocycles. The number of amides is 1. The molecule has 0 aliphatic carbocycles. The second-order valence-corrected chi connectivity index (χ2v) is 6.02. The molecular weight excluding hydrogens is 216 g/mol. The highest BCUT2D eigenvalue weighted by molar-refractivity contribution is 8.01. The number of hydrogen-bond donors (Lipinski definition) is 1. The number of β-lactam (4-membered cyclic amide) rings is 1. The lowest BCUT2D eigenvalue weighted by atomic mass is 9.96. The second-order valence-electron chi connectivity index (χ2n) is 4.25. The molecule has 0 aromatic carbocycles. The van der Waals surface area contributed by atoms with Crippen molar-refractivity contribution in [1.29, 1.82) is 0 Å². The minimum absolute atomic E-state index is 0.100. The van der Waals surface area contributed by atoms with Crippen LogP contribution in [-0.2, 0) is 14.3 Å². The lowest BCUT2D eigenvalue weighted by Crippen LogP contribution is -2.68. The fourth-order valence-electron chi connectivity index (χ4n) is 2.10. The Balaban J connectivity index is 2.29. The first-order chi connectivity index (χ1) is 6.90. The first kappa shape index (κ1) is 10.8. The SMILES string of the molecule is [CH2]OC(=O)[C@@H]1N2C(=O)C(N)[C@H]2SC1(C)C. The van der Waals surface area contributed by atoms with Crippen molar-refractivity contribution in [3.63, 3.8) is 0 Å².